The summed E-state index contributed by atoms with van der Waals surface area (Å²) in [5.41, 5.74) is 1.13. The predicted molar refractivity (Wildman–Crippen MR) is 89.6 cm³/mol. The molecule has 1 aromatic rings. The molecular weight excluding hydrogens is 314 g/mol. The summed E-state index contributed by atoms with van der Waals surface area (Å²) in [6, 6.07) is 7.91. The molecule has 1 amide bonds. The van der Waals surface area contributed by atoms with Crippen LogP contribution in [0.25, 0.3) is 0 Å². The highest BCUT2D eigenvalue weighted by Crippen LogP contribution is 2.23. The van der Waals surface area contributed by atoms with Gasteiger partial charge in [0.25, 0.3) is 0 Å². The SMILES string of the molecule is O=C(C1CCOCC1)N1CCOCC(Cc2ccccc2Cl)C1. The van der Waals surface area contributed by atoms with Crippen molar-refractivity contribution in [2.75, 3.05) is 39.5 Å². The minimum absolute atomic E-state index is 0.114. The standard InChI is InChI=1S/C18H24ClNO3/c19-17-4-2-1-3-16(17)11-14-12-20(7-10-23-13-14)18(21)15-5-8-22-9-6-15/h1-4,14-15H,5-13H2. The molecule has 2 saturated heterocycles. The maximum Gasteiger partial charge on any atom is 0.225 e. The highest BCUT2D eigenvalue weighted by atomic mass is 35.5. The third kappa shape index (κ3) is 4.46. The molecule has 4 nitrogen and oxygen atoms in total. The first-order valence-electron chi connectivity index (χ1n) is 8.41. The van der Waals surface area contributed by atoms with Crippen LogP contribution in [0.1, 0.15) is 18.4 Å². The van der Waals surface area contributed by atoms with E-state index in [0.717, 1.165) is 36.4 Å². The highest BCUT2D eigenvalue weighted by Gasteiger charge is 2.29. The van der Waals surface area contributed by atoms with Crippen LogP contribution in [0, 0.1) is 11.8 Å². The van der Waals surface area contributed by atoms with Gasteiger partial charge in [-0.15, -0.1) is 0 Å². The Hall–Kier alpha value is -1.10. The van der Waals surface area contributed by atoms with Crippen LogP contribution in [-0.2, 0) is 20.7 Å². The van der Waals surface area contributed by atoms with E-state index >= 15 is 0 Å². The number of carbonyl (C=O) groups excluding carboxylic acids is 1. The van der Waals surface area contributed by atoms with Crippen molar-refractivity contribution in [1.82, 2.24) is 4.90 Å². The molecule has 0 bridgehead atoms. The fourth-order valence-electron chi connectivity index (χ4n) is 3.38. The Morgan fingerprint density at radius 2 is 1.96 bits per heavy atom. The van der Waals surface area contributed by atoms with Crippen LogP contribution in [0.4, 0.5) is 0 Å². The maximum atomic E-state index is 12.8. The summed E-state index contributed by atoms with van der Waals surface area (Å²) >= 11 is 6.27. The number of rotatable bonds is 3. The van der Waals surface area contributed by atoms with E-state index in [2.05, 4.69) is 6.07 Å². The lowest BCUT2D eigenvalue weighted by Crippen LogP contribution is -2.41. The van der Waals surface area contributed by atoms with Crippen molar-refractivity contribution in [2.45, 2.75) is 19.3 Å². The summed E-state index contributed by atoms with van der Waals surface area (Å²) in [6.07, 6.45) is 2.52. The molecule has 0 aromatic heterocycles. The molecular formula is C18H24ClNO3. The third-order valence-electron chi connectivity index (χ3n) is 4.69. The molecule has 3 rings (SSSR count). The minimum Gasteiger partial charge on any atom is -0.381 e. The molecule has 2 fully saturated rings. The second-order valence-corrected chi connectivity index (χ2v) is 6.81. The van der Waals surface area contributed by atoms with Gasteiger partial charge in [-0.3, -0.25) is 4.79 Å². The molecule has 0 aliphatic carbocycles. The van der Waals surface area contributed by atoms with Gasteiger partial charge in [0.2, 0.25) is 5.91 Å². The number of hydrogen-bond acceptors (Lipinski definition) is 3. The third-order valence-corrected chi connectivity index (χ3v) is 5.06. The molecule has 0 spiro atoms. The van der Waals surface area contributed by atoms with Crippen molar-refractivity contribution >= 4 is 17.5 Å². The number of carbonyl (C=O) groups is 1. The average Bonchev–Trinajstić information content (AvgIpc) is 2.83. The van der Waals surface area contributed by atoms with Crippen LogP contribution < -0.4 is 0 Å². The van der Waals surface area contributed by atoms with Gasteiger partial charge in [-0.2, -0.15) is 0 Å². The fraction of sp³-hybridized carbons (Fsp3) is 0.611. The first-order chi connectivity index (χ1) is 11.2. The Bertz CT molecular complexity index is 531. The van der Waals surface area contributed by atoms with Crippen LogP contribution in [0.5, 0.6) is 0 Å². The highest BCUT2D eigenvalue weighted by molar-refractivity contribution is 6.31. The van der Waals surface area contributed by atoms with Crippen molar-refractivity contribution in [2.24, 2.45) is 11.8 Å². The number of nitrogens with zero attached hydrogens (tertiary/aromatic N) is 1. The molecule has 2 heterocycles. The quantitative estimate of drug-likeness (QED) is 0.851. The normalized spacial score (nSPS) is 23.5. The van der Waals surface area contributed by atoms with E-state index in [4.69, 9.17) is 21.1 Å². The van der Waals surface area contributed by atoms with Crippen LogP contribution in [0.2, 0.25) is 5.02 Å². The molecule has 0 N–H and O–H groups in total. The molecule has 0 radical (unpaired) electrons. The zero-order valence-corrected chi connectivity index (χ0v) is 14.1. The van der Waals surface area contributed by atoms with E-state index in [1.54, 1.807) is 0 Å². The van der Waals surface area contributed by atoms with Gasteiger partial charge in [0.05, 0.1) is 13.2 Å². The van der Waals surface area contributed by atoms with Crippen LogP contribution in [0.3, 0.4) is 0 Å². The zero-order valence-electron chi connectivity index (χ0n) is 13.4. The lowest BCUT2D eigenvalue weighted by molar-refractivity contribution is -0.138. The van der Waals surface area contributed by atoms with Gasteiger partial charge in [0, 0.05) is 43.2 Å². The molecule has 2 aliphatic rings. The number of hydrogen-bond donors (Lipinski definition) is 0. The molecule has 0 saturated carbocycles. The van der Waals surface area contributed by atoms with Gasteiger partial charge in [0.1, 0.15) is 0 Å². The summed E-state index contributed by atoms with van der Waals surface area (Å²) in [5.74, 6) is 0.673. The molecule has 1 aromatic carbocycles. The van der Waals surface area contributed by atoms with Crippen LogP contribution in [-0.4, -0.2) is 50.3 Å². The maximum absolute atomic E-state index is 12.8. The molecule has 2 aliphatic heterocycles. The van der Waals surface area contributed by atoms with Gasteiger partial charge in [-0.1, -0.05) is 29.8 Å². The lowest BCUT2D eigenvalue weighted by Gasteiger charge is -2.30. The second-order valence-electron chi connectivity index (χ2n) is 6.41. The molecule has 1 atom stereocenters. The van der Waals surface area contributed by atoms with Gasteiger partial charge in [-0.25, -0.2) is 0 Å². The number of ether oxygens (including phenoxy) is 2. The fourth-order valence-corrected chi connectivity index (χ4v) is 3.59. The van der Waals surface area contributed by atoms with Crippen LogP contribution in [0.15, 0.2) is 24.3 Å². The summed E-state index contributed by atoms with van der Waals surface area (Å²) in [7, 11) is 0. The predicted octanol–water partition coefficient (Wildman–Crippen LogP) is 2.78. The van der Waals surface area contributed by atoms with Crippen LogP contribution >= 0.6 is 11.6 Å². The van der Waals surface area contributed by atoms with E-state index in [-0.39, 0.29) is 11.8 Å². The van der Waals surface area contributed by atoms with E-state index in [1.165, 1.54) is 0 Å². The molecule has 1 unspecified atom stereocenters. The monoisotopic (exact) mass is 337 g/mol. The number of amides is 1. The second kappa shape index (κ2) is 8.13. The van der Waals surface area contributed by atoms with Gasteiger partial charge in [-0.05, 0) is 30.9 Å². The zero-order chi connectivity index (χ0) is 16.1. The van der Waals surface area contributed by atoms with Gasteiger partial charge in [0.15, 0.2) is 0 Å². The minimum atomic E-state index is 0.114. The Balaban J connectivity index is 1.63. The lowest BCUT2D eigenvalue weighted by atomic mass is 9.96. The van der Waals surface area contributed by atoms with Crippen molar-refractivity contribution in [1.29, 1.82) is 0 Å². The molecule has 126 valence electrons. The van der Waals surface area contributed by atoms with Crippen molar-refractivity contribution in [3.63, 3.8) is 0 Å². The smallest absolute Gasteiger partial charge is 0.225 e. The van der Waals surface area contributed by atoms with Crippen molar-refractivity contribution in [3.05, 3.63) is 34.9 Å². The Morgan fingerprint density at radius 3 is 2.74 bits per heavy atom. The Kier molecular flexibility index (Phi) is 5.92. The van der Waals surface area contributed by atoms with E-state index in [9.17, 15) is 4.79 Å². The van der Waals surface area contributed by atoms with E-state index in [1.807, 2.05) is 23.1 Å². The summed E-state index contributed by atoms with van der Waals surface area (Å²) in [5, 5.41) is 0.791. The number of halogens is 1. The Morgan fingerprint density at radius 1 is 1.17 bits per heavy atom. The number of benzene rings is 1. The molecule has 23 heavy (non-hydrogen) atoms. The largest absolute Gasteiger partial charge is 0.381 e. The van der Waals surface area contributed by atoms with Gasteiger partial charge < -0.3 is 14.4 Å². The summed E-state index contributed by atoms with van der Waals surface area (Å²) in [4.78, 5) is 14.8. The molecule has 5 heteroatoms. The summed E-state index contributed by atoms with van der Waals surface area (Å²) < 4.78 is 11.1. The topological polar surface area (TPSA) is 38.8 Å². The first-order valence-corrected chi connectivity index (χ1v) is 8.79. The first kappa shape index (κ1) is 16.7. The van der Waals surface area contributed by atoms with Gasteiger partial charge >= 0.3 is 0 Å². The summed E-state index contributed by atoms with van der Waals surface area (Å²) in [6.45, 7) is 4.14. The van der Waals surface area contributed by atoms with E-state index in [0.29, 0.717) is 38.9 Å². The van der Waals surface area contributed by atoms with E-state index < -0.39 is 0 Å². The van der Waals surface area contributed by atoms with Crippen molar-refractivity contribution in [3.8, 4) is 0 Å². The Labute approximate surface area is 142 Å². The van der Waals surface area contributed by atoms with Crippen molar-refractivity contribution < 1.29 is 14.3 Å². The average molecular weight is 338 g/mol.